The summed E-state index contributed by atoms with van der Waals surface area (Å²) in [5.41, 5.74) is 0.914. The number of hydrogen-bond acceptors (Lipinski definition) is 5. The number of carboxylic acids is 1. The number of halogens is 1. The van der Waals surface area contributed by atoms with Crippen molar-refractivity contribution in [3.8, 4) is 5.75 Å². The van der Waals surface area contributed by atoms with Crippen molar-refractivity contribution < 1.29 is 29.4 Å². The Labute approximate surface area is 197 Å². The molecular weight excluding hydrogens is 492 g/mol. The molecule has 0 bridgehead atoms. The van der Waals surface area contributed by atoms with E-state index in [-0.39, 0.29) is 28.2 Å². The van der Waals surface area contributed by atoms with Crippen LogP contribution in [0.3, 0.4) is 0 Å². The molecule has 0 saturated heterocycles. The molecule has 9 heteroatoms. The summed E-state index contributed by atoms with van der Waals surface area (Å²) < 4.78 is 0.808. The number of carbonyl (C=O) groups is 4. The number of carbonyl (C=O) groups excluding carboxylic acids is 3. The lowest BCUT2D eigenvalue weighted by Gasteiger charge is -2.15. The van der Waals surface area contributed by atoms with Gasteiger partial charge in [-0.05, 0) is 48.0 Å². The van der Waals surface area contributed by atoms with Gasteiger partial charge in [-0.1, -0.05) is 46.3 Å². The average molecular weight is 511 g/mol. The maximum Gasteiger partial charge on any atom is 0.330 e. The molecule has 1 atom stereocenters. The van der Waals surface area contributed by atoms with Crippen LogP contribution >= 0.6 is 15.9 Å². The number of amides is 2. The Morgan fingerprint density at radius 3 is 2.06 bits per heavy atom. The van der Waals surface area contributed by atoms with Gasteiger partial charge in [0.1, 0.15) is 5.75 Å². The number of benzene rings is 3. The number of rotatable bonds is 8. The van der Waals surface area contributed by atoms with Crippen LogP contribution in [0.4, 0.5) is 0 Å². The molecule has 4 N–H and O–H groups in total. The fraction of sp³-hybridized carbons (Fsp3) is 0.0833. The molecule has 0 unspecified atom stereocenters. The van der Waals surface area contributed by atoms with Gasteiger partial charge in [-0.25, -0.2) is 4.79 Å². The maximum absolute atomic E-state index is 12.9. The van der Waals surface area contributed by atoms with Crippen molar-refractivity contribution >= 4 is 39.5 Å². The number of ketones is 1. The van der Waals surface area contributed by atoms with Gasteiger partial charge in [0.15, 0.2) is 11.8 Å². The lowest BCUT2D eigenvalue weighted by Crippen LogP contribution is -2.41. The predicted molar refractivity (Wildman–Crippen MR) is 123 cm³/mol. The largest absolute Gasteiger partial charge is 0.508 e. The lowest BCUT2D eigenvalue weighted by atomic mass is 9.98. The van der Waals surface area contributed by atoms with E-state index in [1.165, 1.54) is 36.4 Å². The molecular formula is C24H19BrN2O6. The molecule has 3 aromatic carbocycles. The van der Waals surface area contributed by atoms with Gasteiger partial charge < -0.3 is 20.8 Å². The zero-order chi connectivity index (χ0) is 24.0. The molecule has 0 aliphatic carbocycles. The summed E-state index contributed by atoms with van der Waals surface area (Å²) in [6.45, 7) is -0.499. The van der Waals surface area contributed by atoms with Crippen molar-refractivity contribution in [2.75, 3.05) is 6.54 Å². The van der Waals surface area contributed by atoms with Gasteiger partial charge in [0.25, 0.3) is 5.91 Å². The van der Waals surface area contributed by atoms with E-state index in [0.717, 1.165) is 4.47 Å². The van der Waals surface area contributed by atoms with Crippen LogP contribution in [0.5, 0.6) is 5.75 Å². The summed E-state index contributed by atoms with van der Waals surface area (Å²) in [6, 6.07) is 16.9. The molecule has 0 aliphatic heterocycles. The minimum Gasteiger partial charge on any atom is -0.508 e. The highest BCUT2D eigenvalue weighted by Crippen LogP contribution is 2.18. The molecule has 3 aromatic rings. The van der Waals surface area contributed by atoms with Crippen LogP contribution < -0.4 is 10.6 Å². The first-order chi connectivity index (χ1) is 15.8. The molecule has 0 fully saturated rings. The summed E-state index contributed by atoms with van der Waals surface area (Å²) in [7, 11) is 0. The van der Waals surface area contributed by atoms with E-state index in [1.807, 2.05) is 0 Å². The second-order valence-electron chi connectivity index (χ2n) is 6.99. The second kappa shape index (κ2) is 10.6. The molecule has 2 amide bonds. The Balaban J connectivity index is 1.68. The normalized spacial score (nSPS) is 11.3. The Hall–Kier alpha value is -3.98. The molecule has 168 valence electrons. The monoisotopic (exact) mass is 510 g/mol. The van der Waals surface area contributed by atoms with E-state index in [1.54, 1.807) is 36.4 Å². The van der Waals surface area contributed by atoms with Crippen LogP contribution in [0, 0.1) is 0 Å². The number of phenolic OH excluding ortho intramolecular Hbond substituents is 1. The first-order valence-electron chi connectivity index (χ1n) is 9.75. The standard InChI is InChI=1S/C24H19BrN2O6/c25-16-9-5-15(6-10-16)22(30)18-3-1-2-4-19(18)23(31)26-13-20(29)27-21(24(32)33)14-7-11-17(28)12-8-14/h1-12,21,28H,13H2,(H,26,31)(H,27,29)(H,32,33)/t21-/m1/s1. The highest BCUT2D eigenvalue weighted by atomic mass is 79.9. The molecule has 8 nitrogen and oxygen atoms in total. The molecule has 0 radical (unpaired) electrons. The van der Waals surface area contributed by atoms with E-state index in [2.05, 4.69) is 26.6 Å². The Bertz CT molecular complexity index is 1190. The topological polar surface area (TPSA) is 133 Å². The van der Waals surface area contributed by atoms with Gasteiger partial charge in [0.05, 0.1) is 12.1 Å². The molecule has 0 aliphatic rings. The zero-order valence-electron chi connectivity index (χ0n) is 17.1. The predicted octanol–water partition coefficient (Wildman–Crippen LogP) is 3.06. The van der Waals surface area contributed by atoms with Gasteiger partial charge >= 0.3 is 5.97 Å². The van der Waals surface area contributed by atoms with E-state index in [9.17, 15) is 29.4 Å². The molecule has 33 heavy (non-hydrogen) atoms. The molecule has 0 spiro atoms. The third-order valence-electron chi connectivity index (χ3n) is 4.71. The minimum atomic E-state index is -1.36. The van der Waals surface area contributed by atoms with E-state index in [4.69, 9.17) is 0 Å². The van der Waals surface area contributed by atoms with Gasteiger partial charge in [-0.2, -0.15) is 0 Å². The van der Waals surface area contributed by atoms with Crippen molar-refractivity contribution in [3.63, 3.8) is 0 Å². The van der Waals surface area contributed by atoms with Crippen LogP contribution in [0.25, 0.3) is 0 Å². The van der Waals surface area contributed by atoms with Crippen molar-refractivity contribution in [1.29, 1.82) is 0 Å². The third-order valence-corrected chi connectivity index (χ3v) is 5.24. The van der Waals surface area contributed by atoms with Gasteiger partial charge in [-0.15, -0.1) is 0 Å². The van der Waals surface area contributed by atoms with Crippen molar-refractivity contribution in [3.05, 3.63) is 99.5 Å². The fourth-order valence-electron chi connectivity index (χ4n) is 3.06. The highest BCUT2D eigenvalue weighted by Gasteiger charge is 2.23. The first kappa shape index (κ1) is 23.7. The lowest BCUT2D eigenvalue weighted by molar-refractivity contribution is -0.141. The summed E-state index contributed by atoms with van der Waals surface area (Å²) in [5.74, 6) is -3.08. The van der Waals surface area contributed by atoms with Crippen LogP contribution in [0.15, 0.2) is 77.3 Å². The third kappa shape index (κ3) is 6.05. The van der Waals surface area contributed by atoms with E-state index < -0.39 is 30.4 Å². The molecule has 0 aromatic heterocycles. The number of carboxylic acid groups (broad SMARTS) is 1. The van der Waals surface area contributed by atoms with Gasteiger partial charge in [0.2, 0.25) is 5.91 Å². The average Bonchev–Trinajstić information content (AvgIpc) is 2.81. The number of aliphatic carboxylic acids is 1. The van der Waals surface area contributed by atoms with E-state index in [0.29, 0.717) is 5.56 Å². The Morgan fingerprint density at radius 1 is 0.848 bits per heavy atom. The van der Waals surface area contributed by atoms with Crippen molar-refractivity contribution in [2.45, 2.75) is 6.04 Å². The van der Waals surface area contributed by atoms with Crippen LogP contribution in [-0.4, -0.2) is 40.3 Å². The molecule has 0 heterocycles. The Kier molecular flexibility index (Phi) is 7.57. The summed E-state index contributed by atoms with van der Waals surface area (Å²) in [6.07, 6.45) is 0. The fourth-order valence-corrected chi connectivity index (χ4v) is 3.32. The van der Waals surface area contributed by atoms with Crippen LogP contribution in [0.2, 0.25) is 0 Å². The summed E-state index contributed by atoms with van der Waals surface area (Å²) >= 11 is 3.31. The van der Waals surface area contributed by atoms with Crippen LogP contribution in [0.1, 0.15) is 37.9 Å². The highest BCUT2D eigenvalue weighted by molar-refractivity contribution is 9.10. The van der Waals surface area contributed by atoms with Crippen LogP contribution in [-0.2, 0) is 9.59 Å². The first-order valence-corrected chi connectivity index (χ1v) is 10.5. The summed E-state index contributed by atoms with van der Waals surface area (Å²) in [5, 5.41) is 23.5. The minimum absolute atomic E-state index is 0.0437. The quantitative estimate of drug-likeness (QED) is 0.344. The summed E-state index contributed by atoms with van der Waals surface area (Å²) in [4.78, 5) is 49.4. The number of hydrogen-bond donors (Lipinski definition) is 4. The molecule has 0 saturated carbocycles. The SMILES string of the molecule is O=C(CNC(=O)c1ccccc1C(=O)c1ccc(Br)cc1)N[C@@H](C(=O)O)c1ccc(O)cc1. The second-order valence-corrected chi connectivity index (χ2v) is 7.91. The number of nitrogens with one attached hydrogen (secondary N) is 2. The van der Waals surface area contributed by atoms with Gasteiger partial charge in [-0.3, -0.25) is 14.4 Å². The number of phenols is 1. The smallest absolute Gasteiger partial charge is 0.330 e. The molecule has 3 rings (SSSR count). The van der Waals surface area contributed by atoms with Crippen molar-refractivity contribution in [2.24, 2.45) is 0 Å². The zero-order valence-corrected chi connectivity index (χ0v) is 18.7. The van der Waals surface area contributed by atoms with Crippen molar-refractivity contribution in [1.82, 2.24) is 10.6 Å². The number of aromatic hydroxyl groups is 1. The van der Waals surface area contributed by atoms with E-state index >= 15 is 0 Å². The van der Waals surface area contributed by atoms with Gasteiger partial charge in [0, 0.05) is 15.6 Å². The maximum atomic E-state index is 12.9. The Morgan fingerprint density at radius 2 is 1.45 bits per heavy atom.